The van der Waals surface area contributed by atoms with Crippen LogP contribution >= 0.6 is 0 Å². The summed E-state index contributed by atoms with van der Waals surface area (Å²) in [6.45, 7) is 4.25. The highest BCUT2D eigenvalue weighted by atomic mass is 16.5. The van der Waals surface area contributed by atoms with Crippen LogP contribution in [0.25, 0.3) is 11.1 Å². The van der Waals surface area contributed by atoms with Crippen molar-refractivity contribution in [1.82, 2.24) is 10.6 Å². The number of hydrogen-bond donors (Lipinski definition) is 3. The van der Waals surface area contributed by atoms with Crippen LogP contribution in [0.15, 0.2) is 48.5 Å². The lowest BCUT2D eigenvalue weighted by atomic mass is 9.85. The van der Waals surface area contributed by atoms with E-state index >= 15 is 0 Å². The van der Waals surface area contributed by atoms with Gasteiger partial charge in [0.25, 0.3) is 0 Å². The van der Waals surface area contributed by atoms with Crippen molar-refractivity contribution in [2.45, 2.75) is 51.5 Å². The van der Waals surface area contributed by atoms with Gasteiger partial charge in [-0.1, -0.05) is 68.8 Å². The topological polar surface area (TPSA) is 105 Å². The van der Waals surface area contributed by atoms with E-state index in [-0.39, 0.29) is 36.9 Å². The van der Waals surface area contributed by atoms with Crippen LogP contribution in [0.5, 0.6) is 0 Å². The second kappa shape index (κ2) is 10.9. The van der Waals surface area contributed by atoms with Crippen molar-refractivity contribution in [3.8, 4) is 11.1 Å². The first kappa shape index (κ1) is 24.8. The molecule has 0 heterocycles. The molecule has 2 aliphatic carbocycles. The van der Waals surface area contributed by atoms with Gasteiger partial charge in [-0.15, -0.1) is 0 Å². The minimum absolute atomic E-state index is 0.00254. The Morgan fingerprint density at radius 3 is 2.23 bits per heavy atom. The summed E-state index contributed by atoms with van der Waals surface area (Å²) in [7, 11) is 0. The fourth-order valence-corrected chi connectivity index (χ4v) is 5.33. The molecule has 2 amide bonds. The molecule has 0 saturated heterocycles. The summed E-state index contributed by atoms with van der Waals surface area (Å²) in [5, 5.41) is 15.1. The highest BCUT2D eigenvalue weighted by molar-refractivity contribution is 5.81. The Labute approximate surface area is 206 Å². The maximum absolute atomic E-state index is 12.9. The van der Waals surface area contributed by atoms with Crippen LogP contribution in [0.3, 0.4) is 0 Å². The van der Waals surface area contributed by atoms with Gasteiger partial charge in [-0.25, -0.2) is 4.79 Å². The maximum Gasteiger partial charge on any atom is 0.407 e. The van der Waals surface area contributed by atoms with Crippen molar-refractivity contribution in [2.75, 3.05) is 13.2 Å². The number of fused-ring (bicyclic) bond motifs is 3. The second-order valence-corrected chi connectivity index (χ2v) is 9.96. The van der Waals surface area contributed by atoms with Gasteiger partial charge in [-0.05, 0) is 47.4 Å². The number of nitrogens with one attached hydrogen (secondary N) is 2. The summed E-state index contributed by atoms with van der Waals surface area (Å²) in [5.74, 6) is -1.82. The number of hydrogen-bond acceptors (Lipinski definition) is 4. The van der Waals surface area contributed by atoms with Gasteiger partial charge < -0.3 is 20.5 Å². The van der Waals surface area contributed by atoms with E-state index in [1.807, 2.05) is 38.1 Å². The van der Waals surface area contributed by atoms with E-state index in [1.54, 1.807) is 0 Å². The van der Waals surface area contributed by atoms with Gasteiger partial charge >= 0.3 is 12.1 Å². The molecule has 3 N–H and O–H groups in total. The third-order valence-corrected chi connectivity index (χ3v) is 7.32. The van der Waals surface area contributed by atoms with Crippen LogP contribution in [0, 0.1) is 17.8 Å². The fraction of sp³-hybridized carbons (Fsp3) is 0.464. The van der Waals surface area contributed by atoms with Crippen molar-refractivity contribution in [2.24, 2.45) is 17.8 Å². The molecule has 7 nitrogen and oxygen atoms in total. The second-order valence-electron chi connectivity index (χ2n) is 9.96. The Hall–Kier alpha value is -3.35. The number of ether oxygens (including phenoxy) is 1. The maximum atomic E-state index is 12.9. The fourth-order valence-electron chi connectivity index (χ4n) is 5.33. The van der Waals surface area contributed by atoms with E-state index in [4.69, 9.17) is 4.74 Å². The molecule has 186 valence electrons. The monoisotopic (exact) mass is 478 g/mol. The average molecular weight is 479 g/mol. The first-order valence-corrected chi connectivity index (χ1v) is 12.5. The number of rotatable bonds is 8. The number of carbonyl (C=O) groups excluding carboxylic acids is 2. The number of carboxylic acids is 1. The van der Waals surface area contributed by atoms with E-state index in [0.29, 0.717) is 12.8 Å². The predicted octanol–water partition coefficient (Wildman–Crippen LogP) is 4.56. The molecule has 2 aliphatic rings. The highest BCUT2D eigenvalue weighted by Gasteiger charge is 2.32. The van der Waals surface area contributed by atoms with Gasteiger partial charge in [0.05, 0.1) is 11.8 Å². The van der Waals surface area contributed by atoms with Crippen LogP contribution in [0.2, 0.25) is 0 Å². The normalized spacial score (nSPS) is 20.0. The van der Waals surface area contributed by atoms with Gasteiger partial charge in [0.2, 0.25) is 5.91 Å². The van der Waals surface area contributed by atoms with E-state index in [2.05, 4.69) is 34.9 Å². The Bertz CT molecular complexity index is 1040. The van der Waals surface area contributed by atoms with Crippen molar-refractivity contribution in [3.05, 3.63) is 59.7 Å². The smallest absolute Gasteiger partial charge is 0.407 e. The molecule has 7 heteroatoms. The Morgan fingerprint density at radius 1 is 1.00 bits per heavy atom. The number of alkyl carbamates (subject to hydrolysis) is 1. The number of aliphatic carboxylic acids is 1. The van der Waals surface area contributed by atoms with Crippen molar-refractivity contribution in [3.63, 3.8) is 0 Å². The standard InChI is InChI=1S/C28H34N2O5/c1-17(2)24(26(31)30-19-9-7-8-18(14-19)27(32)33)15-29-28(34)35-16-25-22-12-5-3-10-20(22)21-11-4-6-13-23(21)25/h3-6,10-13,17-19,24-25H,7-9,14-16H2,1-2H3,(H,29,34)(H,30,31)(H,32,33)/t18-,19+,24?/m0/s1. The van der Waals surface area contributed by atoms with Gasteiger partial charge in [-0.2, -0.15) is 0 Å². The molecular weight excluding hydrogens is 444 g/mol. The van der Waals surface area contributed by atoms with E-state index in [9.17, 15) is 19.5 Å². The quantitative estimate of drug-likeness (QED) is 0.516. The molecular formula is C28H34N2O5. The van der Waals surface area contributed by atoms with Crippen molar-refractivity contribution >= 4 is 18.0 Å². The lowest BCUT2D eigenvalue weighted by Crippen LogP contribution is -2.47. The molecule has 0 aliphatic heterocycles. The largest absolute Gasteiger partial charge is 0.481 e. The summed E-state index contributed by atoms with van der Waals surface area (Å²) in [4.78, 5) is 36.8. The number of amides is 2. The molecule has 1 fully saturated rings. The molecule has 3 atom stereocenters. The number of carbonyl (C=O) groups is 3. The van der Waals surface area contributed by atoms with E-state index in [0.717, 1.165) is 24.0 Å². The molecule has 0 aromatic heterocycles. The summed E-state index contributed by atoms with van der Waals surface area (Å²) in [6.07, 6.45) is 2.12. The minimum atomic E-state index is -0.804. The molecule has 2 aromatic rings. The summed E-state index contributed by atoms with van der Waals surface area (Å²) in [5.41, 5.74) is 4.63. The Balaban J connectivity index is 1.31. The van der Waals surface area contributed by atoms with Gasteiger partial charge in [-0.3, -0.25) is 9.59 Å². The van der Waals surface area contributed by atoms with Crippen LogP contribution in [-0.4, -0.2) is 42.3 Å². The number of benzene rings is 2. The lowest BCUT2D eigenvalue weighted by molar-refractivity contribution is -0.143. The molecule has 1 saturated carbocycles. The third kappa shape index (κ3) is 5.66. The molecule has 35 heavy (non-hydrogen) atoms. The molecule has 4 rings (SSSR count). The first-order chi connectivity index (χ1) is 16.8. The highest BCUT2D eigenvalue weighted by Crippen LogP contribution is 2.44. The van der Waals surface area contributed by atoms with Crippen molar-refractivity contribution in [1.29, 1.82) is 0 Å². The van der Waals surface area contributed by atoms with Crippen LogP contribution in [-0.2, 0) is 14.3 Å². The molecule has 1 unspecified atom stereocenters. The minimum Gasteiger partial charge on any atom is -0.481 e. The summed E-state index contributed by atoms with van der Waals surface area (Å²) in [6, 6.07) is 16.2. The molecule has 0 bridgehead atoms. The lowest BCUT2D eigenvalue weighted by Gasteiger charge is -2.30. The third-order valence-electron chi connectivity index (χ3n) is 7.32. The molecule has 2 aromatic carbocycles. The van der Waals surface area contributed by atoms with Crippen LogP contribution in [0.4, 0.5) is 4.79 Å². The first-order valence-electron chi connectivity index (χ1n) is 12.5. The zero-order chi connectivity index (χ0) is 24.9. The van der Waals surface area contributed by atoms with E-state index < -0.39 is 23.9 Å². The van der Waals surface area contributed by atoms with Crippen LogP contribution < -0.4 is 10.6 Å². The van der Waals surface area contributed by atoms with Gasteiger partial charge in [0, 0.05) is 18.5 Å². The van der Waals surface area contributed by atoms with Gasteiger partial charge in [0.1, 0.15) is 6.61 Å². The molecule has 0 spiro atoms. The zero-order valence-electron chi connectivity index (χ0n) is 20.3. The van der Waals surface area contributed by atoms with E-state index in [1.165, 1.54) is 11.1 Å². The summed E-state index contributed by atoms with van der Waals surface area (Å²) >= 11 is 0. The number of carboxylic acid groups (broad SMARTS) is 1. The summed E-state index contributed by atoms with van der Waals surface area (Å²) < 4.78 is 5.59. The Morgan fingerprint density at radius 2 is 1.63 bits per heavy atom. The predicted molar refractivity (Wildman–Crippen MR) is 133 cm³/mol. The SMILES string of the molecule is CC(C)C(CNC(=O)OCC1c2ccccc2-c2ccccc21)C(=O)N[C@@H]1CCC[C@H](C(=O)O)C1. The average Bonchev–Trinajstić information content (AvgIpc) is 3.16. The van der Waals surface area contributed by atoms with Gasteiger partial charge in [0.15, 0.2) is 0 Å². The van der Waals surface area contributed by atoms with Crippen molar-refractivity contribution < 1.29 is 24.2 Å². The van der Waals surface area contributed by atoms with Crippen LogP contribution in [0.1, 0.15) is 56.6 Å². The Kier molecular flexibility index (Phi) is 7.73. The zero-order valence-corrected chi connectivity index (χ0v) is 20.3. The molecule has 0 radical (unpaired) electrons.